The zero-order chi connectivity index (χ0) is 30.6. The molecule has 0 fully saturated rings. The second-order valence-corrected chi connectivity index (χ2v) is 12.2. The highest BCUT2D eigenvalue weighted by molar-refractivity contribution is 6.24. The van der Waals surface area contributed by atoms with E-state index in [1.807, 2.05) is 18.2 Å². The molecule has 218 valence electrons. The number of hydrogen-bond donors (Lipinski definition) is 0. The number of fused-ring (bicyclic) bond motifs is 14. The van der Waals surface area contributed by atoms with E-state index in [4.69, 9.17) is 14.4 Å². The van der Waals surface area contributed by atoms with Crippen LogP contribution < -0.4 is 0 Å². The van der Waals surface area contributed by atoms with Gasteiger partial charge in [0.05, 0.1) is 27.6 Å². The van der Waals surface area contributed by atoms with Gasteiger partial charge in [-0.2, -0.15) is 0 Å². The van der Waals surface area contributed by atoms with Gasteiger partial charge in [-0.1, -0.05) is 103 Å². The quantitative estimate of drug-likeness (QED) is 0.186. The molecule has 0 saturated heterocycles. The number of furan rings is 1. The van der Waals surface area contributed by atoms with E-state index in [0.29, 0.717) is 0 Å². The molecule has 7 aromatic carbocycles. The van der Waals surface area contributed by atoms with Gasteiger partial charge in [-0.25, -0.2) is 9.97 Å². The predicted octanol–water partition coefficient (Wildman–Crippen LogP) is 10.9. The standard InChI is InChI=1S/C42H24N4O/c1-2-12-29-27(10-1)28-11-3-4-14-31(28)40-32(29)21-23-39(44-40)46-36-22-20-25(24-37(36)45-35-18-7-6-17-34(35)43-42(45)46)26-15-9-16-33-30-13-5-8-19-38(30)47-41(26)33/h1-24H. The third-order valence-electron chi connectivity index (χ3n) is 9.71. The highest BCUT2D eigenvalue weighted by Crippen LogP contribution is 2.39. The first-order valence-corrected chi connectivity index (χ1v) is 15.8. The maximum absolute atomic E-state index is 6.44. The van der Waals surface area contributed by atoms with Gasteiger partial charge in [-0.3, -0.25) is 8.97 Å². The average Bonchev–Trinajstić information content (AvgIpc) is 3.80. The Kier molecular flexibility index (Phi) is 4.78. The van der Waals surface area contributed by atoms with Crippen LogP contribution in [0.3, 0.4) is 0 Å². The molecule has 4 heterocycles. The highest BCUT2D eigenvalue weighted by atomic mass is 16.3. The van der Waals surface area contributed by atoms with E-state index in [9.17, 15) is 0 Å². The third-order valence-corrected chi connectivity index (χ3v) is 9.71. The van der Waals surface area contributed by atoms with E-state index in [1.54, 1.807) is 0 Å². The Hall–Kier alpha value is -6.46. The lowest BCUT2D eigenvalue weighted by atomic mass is 9.97. The summed E-state index contributed by atoms with van der Waals surface area (Å²) in [6.45, 7) is 0. The molecular formula is C42H24N4O. The average molecular weight is 601 g/mol. The van der Waals surface area contributed by atoms with Crippen molar-refractivity contribution >= 4 is 82.2 Å². The summed E-state index contributed by atoms with van der Waals surface area (Å²) >= 11 is 0. The molecule has 0 amide bonds. The van der Waals surface area contributed by atoms with Gasteiger partial charge in [-0.05, 0) is 64.2 Å². The number of para-hydroxylation sites is 4. The summed E-state index contributed by atoms with van der Waals surface area (Å²) in [6, 6.07) is 51.1. The number of aromatic nitrogens is 4. The van der Waals surface area contributed by atoms with E-state index in [-0.39, 0.29) is 0 Å². The summed E-state index contributed by atoms with van der Waals surface area (Å²) in [5, 5.41) is 8.19. The molecule has 0 saturated carbocycles. The van der Waals surface area contributed by atoms with Crippen LogP contribution in [0.25, 0.3) is 99.2 Å². The molecule has 0 bridgehead atoms. The van der Waals surface area contributed by atoms with Crippen LogP contribution in [0.1, 0.15) is 0 Å². The van der Waals surface area contributed by atoms with Crippen molar-refractivity contribution in [3.8, 4) is 16.9 Å². The monoisotopic (exact) mass is 600 g/mol. The zero-order valence-electron chi connectivity index (χ0n) is 25.1. The molecule has 0 N–H and O–H groups in total. The van der Waals surface area contributed by atoms with E-state index < -0.39 is 0 Å². The minimum atomic E-state index is 0.831. The molecule has 4 aromatic heterocycles. The fraction of sp³-hybridized carbons (Fsp3) is 0. The first-order valence-electron chi connectivity index (χ1n) is 15.8. The largest absolute Gasteiger partial charge is 0.455 e. The Bertz CT molecular complexity index is 3050. The molecule has 0 unspecified atom stereocenters. The van der Waals surface area contributed by atoms with Crippen LogP contribution in [0.5, 0.6) is 0 Å². The smallest absolute Gasteiger partial charge is 0.221 e. The Morgan fingerprint density at radius 1 is 0.468 bits per heavy atom. The number of benzene rings is 7. The summed E-state index contributed by atoms with van der Waals surface area (Å²) in [7, 11) is 0. The van der Waals surface area contributed by atoms with Crippen LogP contribution in [-0.2, 0) is 0 Å². The summed E-state index contributed by atoms with van der Waals surface area (Å²) in [5.41, 5.74) is 9.03. The SMILES string of the molecule is c1ccc2c(c1)nc1n(-c3ccc4c5ccccc5c5ccccc5c4n3)c3ccc(-c4cccc5c4oc4ccccc45)cc3n21. The van der Waals surface area contributed by atoms with Crippen LogP contribution in [0.15, 0.2) is 150 Å². The molecule has 11 rings (SSSR count). The molecule has 5 heteroatoms. The molecule has 0 aliphatic heterocycles. The molecule has 0 aliphatic rings. The molecule has 0 aliphatic carbocycles. The number of pyridine rings is 1. The predicted molar refractivity (Wildman–Crippen MR) is 193 cm³/mol. The Balaban J connectivity index is 1.22. The van der Waals surface area contributed by atoms with Crippen LogP contribution in [0, 0.1) is 0 Å². The number of hydrogen-bond acceptors (Lipinski definition) is 3. The Morgan fingerprint density at radius 3 is 2.00 bits per heavy atom. The topological polar surface area (TPSA) is 48.3 Å². The lowest BCUT2D eigenvalue weighted by Crippen LogP contribution is -1.99. The highest BCUT2D eigenvalue weighted by Gasteiger charge is 2.21. The molecule has 5 nitrogen and oxygen atoms in total. The fourth-order valence-corrected chi connectivity index (χ4v) is 7.64. The fourth-order valence-electron chi connectivity index (χ4n) is 7.64. The maximum Gasteiger partial charge on any atom is 0.221 e. The minimum Gasteiger partial charge on any atom is -0.455 e. The molecule has 0 atom stereocenters. The summed E-state index contributed by atoms with van der Waals surface area (Å²) < 4.78 is 10.9. The second-order valence-electron chi connectivity index (χ2n) is 12.2. The number of imidazole rings is 2. The van der Waals surface area contributed by atoms with Crippen molar-refractivity contribution in [1.82, 2.24) is 18.9 Å². The summed E-state index contributed by atoms with van der Waals surface area (Å²) in [6.07, 6.45) is 0. The van der Waals surface area contributed by atoms with E-state index in [0.717, 1.165) is 83.0 Å². The van der Waals surface area contributed by atoms with Crippen molar-refractivity contribution in [3.63, 3.8) is 0 Å². The normalized spacial score (nSPS) is 12.3. The summed E-state index contributed by atoms with van der Waals surface area (Å²) in [4.78, 5) is 10.6. The van der Waals surface area contributed by atoms with Crippen LogP contribution in [0.4, 0.5) is 0 Å². The third kappa shape index (κ3) is 3.32. The van der Waals surface area contributed by atoms with Gasteiger partial charge in [0.15, 0.2) is 0 Å². The first kappa shape index (κ1) is 24.8. The second kappa shape index (κ2) is 9.05. The first-order chi connectivity index (χ1) is 23.3. The van der Waals surface area contributed by atoms with Crippen molar-refractivity contribution < 1.29 is 4.42 Å². The van der Waals surface area contributed by atoms with Crippen LogP contribution >= 0.6 is 0 Å². The molecule has 47 heavy (non-hydrogen) atoms. The van der Waals surface area contributed by atoms with Crippen molar-refractivity contribution in [3.05, 3.63) is 146 Å². The minimum absolute atomic E-state index is 0.831. The summed E-state index contributed by atoms with van der Waals surface area (Å²) in [5.74, 6) is 1.66. The van der Waals surface area contributed by atoms with E-state index >= 15 is 0 Å². The Morgan fingerprint density at radius 2 is 1.15 bits per heavy atom. The number of rotatable bonds is 2. The van der Waals surface area contributed by atoms with Gasteiger partial charge in [0, 0.05) is 27.1 Å². The lowest BCUT2D eigenvalue weighted by molar-refractivity contribution is 0.670. The van der Waals surface area contributed by atoms with Gasteiger partial charge >= 0.3 is 0 Å². The van der Waals surface area contributed by atoms with E-state index in [1.165, 1.54) is 16.2 Å². The van der Waals surface area contributed by atoms with Gasteiger partial charge in [-0.15, -0.1) is 0 Å². The molecule has 0 radical (unpaired) electrons. The molecular weight excluding hydrogens is 576 g/mol. The number of nitrogens with zero attached hydrogens (tertiary/aromatic N) is 4. The zero-order valence-corrected chi connectivity index (χ0v) is 25.1. The molecule has 11 aromatic rings. The van der Waals surface area contributed by atoms with Gasteiger partial charge in [0.2, 0.25) is 5.78 Å². The Labute approximate surface area is 267 Å². The van der Waals surface area contributed by atoms with Crippen molar-refractivity contribution in [2.75, 3.05) is 0 Å². The van der Waals surface area contributed by atoms with Gasteiger partial charge < -0.3 is 4.42 Å². The van der Waals surface area contributed by atoms with Gasteiger partial charge in [0.1, 0.15) is 17.0 Å². The van der Waals surface area contributed by atoms with Crippen LogP contribution in [0.2, 0.25) is 0 Å². The molecule has 0 spiro atoms. The van der Waals surface area contributed by atoms with Gasteiger partial charge in [0.25, 0.3) is 0 Å². The van der Waals surface area contributed by atoms with Crippen LogP contribution in [-0.4, -0.2) is 18.9 Å². The van der Waals surface area contributed by atoms with Crippen molar-refractivity contribution in [2.24, 2.45) is 0 Å². The van der Waals surface area contributed by atoms with E-state index in [2.05, 4.69) is 136 Å². The van der Waals surface area contributed by atoms with Crippen molar-refractivity contribution in [1.29, 1.82) is 0 Å². The maximum atomic E-state index is 6.44. The van der Waals surface area contributed by atoms with Crippen molar-refractivity contribution in [2.45, 2.75) is 0 Å². The lowest BCUT2D eigenvalue weighted by Gasteiger charge is -2.12.